The van der Waals surface area contributed by atoms with E-state index in [-0.39, 0.29) is 36.2 Å². The molecule has 3 rings (SSSR count). The zero-order chi connectivity index (χ0) is 25.0. The highest BCUT2D eigenvalue weighted by atomic mass is 19.1. The number of nitrogens with zero attached hydrogens (tertiary/aromatic N) is 1. The van der Waals surface area contributed by atoms with Crippen molar-refractivity contribution in [3.63, 3.8) is 0 Å². The molecule has 8 heteroatoms. The number of benzene rings is 2. The number of likely N-dealkylation sites (tertiary alicyclic amines) is 1. The van der Waals surface area contributed by atoms with E-state index in [2.05, 4.69) is 0 Å². The Morgan fingerprint density at radius 2 is 1.88 bits per heavy atom. The van der Waals surface area contributed by atoms with E-state index in [1.807, 2.05) is 20.8 Å². The van der Waals surface area contributed by atoms with Gasteiger partial charge in [-0.15, -0.1) is 0 Å². The molecule has 1 saturated heterocycles. The third kappa shape index (κ3) is 5.07. The summed E-state index contributed by atoms with van der Waals surface area (Å²) >= 11 is 0. The summed E-state index contributed by atoms with van der Waals surface area (Å²) in [6.45, 7) is 7.92. The molecular formula is C26H30FNO6. The van der Waals surface area contributed by atoms with Crippen LogP contribution in [0.1, 0.15) is 43.5 Å². The molecule has 0 aliphatic carbocycles. The zero-order valence-corrected chi connectivity index (χ0v) is 20.1. The zero-order valence-electron chi connectivity index (χ0n) is 20.1. The molecule has 0 saturated carbocycles. The van der Waals surface area contributed by atoms with Crippen molar-refractivity contribution in [1.82, 2.24) is 4.90 Å². The Bertz CT molecular complexity index is 1110. The number of ketones is 1. The first-order chi connectivity index (χ1) is 16.2. The van der Waals surface area contributed by atoms with Crippen molar-refractivity contribution in [2.75, 3.05) is 26.9 Å². The van der Waals surface area contributed by atoms with E-state index in [0.29, 0.717) is 29.2 Å². The van der Waals surface area contributed by atoms with Crippen molar-refractivity contribution in [2.45, 2.75) is 39.8 Å². The topological polar surface area (TPSA) is 85.3 Å². The Kier molecular flexibility index (Phi) is 7.94. The van der Waals surface area contributed by atoms with Gasteiger partial charge in [0.2, 0.25) is 0 Å². The Balaban J connectivity index is 2.19. The highest BCUT2D eigenvalue weighted by molar-refractivity contribution is 6.46. The molecule has 1 aliphatic rings. The number of rotatable bonds is 9. The molecule has 1 aliphatic heterocycles. The van der Waals surface area contributed by atoms with Crippen LogP contribution in [0.15, 0.2) is 42.0 Å². The van der Waals surface area contributed by atoms with Gasteiger partial charge in [-0.3, -0.25) is 9.59 Å². The second kappa shape index (κ2) is 10.7. The number of aryl methyl sites for hydroxylation is 1. The van der Waals surface area contributed by atoms with Gasteiger partial charge in [-0.05, 0) is 69.2 Å². The minimum atomic E-state index is -0.882. The molecule has 1 N–H and O–H groups in total. The number of halogens is 1. The molecular weight excluding hydrogens is 441 g/mol. The number of methoxy groups -OCH3 is 1. The summed E-state index contributed by atoms with van der Waals surface area (Å²) in [7, 11) is 1.50. The Labute approximate surface area is 198 Å². The summed E-state index contributed by atoms with van der Waals surface area (Å²) in [5.41, 5.74) is 1.05. The number of carbonyl (C=O) groups is 2. The van der Waals surface area contributed by atoms with Crippen molar-refractivity contribution < 1.29 is 33.3 Å². The Morgan fingerprint density at radius 3 is 2.50 bits per heavy atom. The number of ether oxygens (including phenoxy) is 3. The third-order valence-corrected chi connectivity index (χ3v) is 5.45. The predicted molar refractivity (Wildman–Crippen MR) is 125 cm³/mol. The van der Waals surface area contributed by atoms with Crippen LogP contribution in [0.5, 0.6) is 11.5 Å². The molecule has 1 heterocycles. The van der Waals surface area contributed by atoms with Gasteiger partial charge in [0.1, 0.15) is 11.6 Å². The number of aliphatic hydroxyl groups excluding tert-OH is 1. The van der Waals surface area contributed by atoms with Gasteiger partial charge in [-0.1, -0.05) is 6.07 Å². The lowest BCUT2D eigenvalue weighted by Gasteiger charge is -2.26. The van der Waals surface area contributed by atoms with Gasteiger partial charge in [0.15, 0.2) is 11.5 Å². The summed E-state index contributed by atoms with van der Waals surface area (Å²) in [6.07, 6.45) is -0.0842. The third-order valence-electron chi connectivity index (χ3n) is 5.45. The summed E-state index contributed by atoms with van der Waals surface area (Å²) in [4.78, 5) is 27.4. The molecule has 7 nitrogen and oxygen atoms in total. The maximum absolute atomic E-state index is 13.8. The SMILES string of the molecule is CCOc1cc(C2/C(=C(/O)c3ccc(F)c(C)c3)C(=O)C(=O)N2CCOC)ccc1OC(C)C. The van der Waals surface area contributed by atoms with Gasteiger partial charge in [0.25, 0.3) is 11.7 Å². The van der Waals surface area contributed by atoms with Gasteiger partial charge in [0.05, 0.1) is 30.9 Å². The van der Waals surface area contributed by atoms with E-state index in [0.717, 1.165) is 0 Å². The van der Waals surface area contributed by atoms with Crippen molar-refractivity contribution in [1.29, 1.82) is 0 Å². The molecule has 2 aromatic carbocycles. The summed E-state index contributed by atoms with van der Waals surface area (Å²) in [5.74, 6) is -1.38. The average Bonchev–Trinajstić information content (AvgIpc) is 3.04. The van der Waals surface area contributed by atoms with Gasteiger partial charge in [0, 0.05) is 19.2 Å². The average molecular weight is 472 g/mol. The molecule has 1 atom stereocenters. The molecule has 34 heavy (non-hydrogen) atoms. The van der Waals surface area contributed by atoms with Crippen molar-refractivity contribution in [2.24, 2.45) is 0 Å². The summed E-state index contributed by atoms with van der Waals surface area (Å²) in [6, 6.07) is 8.32. The number of hydrogen-bond acceptors (Lipinski definition) is 6. The van der Waals surface area contributed by atoms with Crippen molar-refractivity contribution in [3.8, 4) is 11.5 Å². The summed E-state index contributed by atoms with van der Waals surface area (Å²) < 4.78 is 30.5. The second-order valence-corrected chi connectivity index (χ2v) is 8.26. The van der Waals surface area contributed by atoms with Crippen LogP contribution in [-0.2, 0) is 14.3 Å². The molecule has 1 unspecified atom stereocenters. The van der Waals surface area contributed by atoms with Crippen molar-refractivity contribution in [3.05, 3.63) is 64.5 Å². The van der Waals surface area contributed by atoms with Crippen LogP contribution in [0, 0.1) is 12.7 Å². The van der Waals surface area contributed by atoms with Crippen LogP contribution >= 0.6 is 0 Å². The lowest BCUT2D eigenvalue weighted by molar-refractivity contribution is -0.140. The predicted octanol–water partition coefficient (Wildman–Crippen LogP) is 4.39. The van der Waals surface area contributed by atoms with Crippen molar-refractivity contribution >= 4 is 17.4 Å². The maximum Gasteiger partial charge on any atom is 0.295 e. The van der Waals surface area contributed by atoms with E-state index in [9.17, 15) is 19.1 Å². The fraction of sp³-hybridized carbons (Fsp3) is 0.385. The first kappa shape index (κ1) is 25.2. The first-order valence-corrected chi connectivity index (χ1v) is 11.2. The standard InChI is InChI=1S/C26H30FNO6/c1-6-33-21-14-17(8-10-20(21)34-15(2)3)23-22(25(30)26(31)28(23)11-12-32-5)24(29)18-7-9-19(27)16(4)13-18/h7-10,13-15,23,29H,6,11-12H2,1-5H3/b24-22-. The van der Waals surface area contributed by atoms with E-state index < -0.39 is 23.5 Å². The number of amides is 1. The van der Waals surface area contributed by atoms with Crippen LogP contribution in [0.3, 0.4) is 0 Å². The minimum Gasteiger partial charge on any atom is -0.507 e. The smallest absolute Gasteiger partial charge is 0.295 e. The summed E-state index contributed by atoms with van der Waals surface area (Å²) in [5, 5.41) is 11.1. The van der Waals surface area contributed by atoms with Gasteiger partial charge in [-0.2, -0.15) is 0 Å². The lowest BCUT2D eigenvalue weighted by Crippen LogP contribution is -2.32. The van der Waals surface area contributed by atoms with Crippen LogP contribution in [0.25, 0.3) is 5.76 Å². The van der Waals surface area contributed by atoms with Crippen LogP contribution in [0.2, 0.25) is 0 Å². The normalized spacial score (nSPS) is 17.5. The maximum atomic E-state index is 13.8. The van der Waals surface area contributed by atoms with Gasteiger partial charge >= 0.3 is 0 Å². The van der Waals surface area contributed by atoms with Crippen LogP contribution in [0.4, 0.5) is 4.39 Å². The molecule has 0 spiro atoms. The number of carbonyl (C=O) groups excluding carboxylic acids is 2. The lowest BCUT2D eigenvalue weighted by atomic mass is 9.94. The largest absolute Gasteiger partial charge is 0.507 e. The second-order valence-electron chi connectivity index (χ2n) is 8.26. The molecule has 1 fully saturated rings. The van der Waals surface area contributed by atoms with Crippen LogP contribution < -0.4 is 9.47 Å². The molecule has 182 valence electrons. The first-order valence-electron chi connectivity index (χ1n) is 11.2. The van der Waals surface area contributed by atoms with Gasteiger partial charge in [-0.25, -0.2) is 4.39 Å². The number of aliphatic hydroxyl groups is 1. The fourth-order valence-electron chi connectivity index (χ4n) is 3.91. The molecule has 0 bridgehead atoms. The molecule has 0 aromatic heterocycles. The highest BCUT2D eigenvalue weighted by Crippen LogP contribution is 2.42. The molecule has 0 radical (unpaired) electrons. The minimum absolute atomic E-state index is 0.0768. The Hall–Kier alpha value is -3.39. The molecule has 1 amide bonds. The molecule has 2 aromatic rings. The van der Waals surface area contributed by atoms with Crippen LogP contribution in [-0.4, -0.2) is 54.7 Å². The number of hydrogen-bond donors (Lipinski definition) is 1. The number of Topliss-reactive ketones (excluding diaryl/α,β-unsaturated/α-hetero) is 1. The van der Waals surface area contributed by atoms with E-state index >= 15 is 0 Å². The Morgan fingerprint density at radius 1 is 1.15 bits per heavy atom. The highest BCUT2D eigenvalue weighted by Gasteiger charge is 2.46. The van der Waals surface area contributed by atoms with Gasteiger partial charge < -0.3 is 24.2 Å². The quantitative estimate of drug-likeness (QED) is 0.332. The van der Waals surface area contributed by atoms with E-state index in [4.69, 9.17) is 14.2 Å². The van der Waals surface area contributed by atoms with E-state index in [1.165, 1.54) is 30.2 Å². The fourth-order valence-corrected chi connectivity index (χ4v) is 3.91. The monoisotopic (exact) mass is 471 g/mol. The van der Waals surface area contributed by atoms with E-state index in [1.54, 1.807) is 25.1 Å².